The summed E-state index contributed by atoms with van der Waals surface area (Å²) in [4.78, 5) is 27.6. The molecule has 2 atom stereocenters. The van der Waals surface area contributed by atoms with E-state index in [1.54, 1.807) is 18.2 Å². The molecule has 3 aromatic rings. The molecule has 2 aromatic heterocycles. The molecule has 10 heteroatoms. The molecule has 0 spiro atoms. The van der Waals surface area contributed by atoms with Crippen LogP contribution in [0.25, 0.3) is 20.9 Å². The van der Waals surface area contributed by atoms with Crippen LogP contribution in [0, 0.1) is 5.92 Å². The zero-order valence-electron chi connectivity index (χ0n) is 14.6. The number of carboxylic acid groups (broad SMARTS) is 1. The summed E-state index contributed by atoms with van der Waals surface area (Å²) in [6.45, 7) is 0. The van der Waals surface area contributed by atoms with Crippen molar-refractivity contribution in [2.75, 3.05) is 0 Å². The van der Waals surface area contributed by atoms with Crippen LogP contribution in [0.1, 0.15) is 27.3 Å². The number of pyridine rings is 1. The van der Waals surface area contributed by atoms with Crippen molar-refractivity contribution in [2.24, 2.45) is 11.7 Å². The minimum absolute atomic E-state index is 0.226. The van der Waals surface area contributed by atoms with Gasteiger partial charge in [-0.15, -0.1) is 0 Å². The molecule has 6 nitrogen and oxygen atoms in total. The van der Waals surface area contributed by atoms with E-state index in [9.17, 15) is 22.8 Å². The van der Waals surface area contributed by atoms with Crippen LogP contribution in [0.2, 0.25) is 0 Å². The number of aliphatic carboxylic acids is 1. The Balaban J connectivity index is 1.83. The molecular formula is C19H13F3N2O4Se. The molecule has 1 aliphatic carbocycles. The van der Waals surface area contributed by atoms with Crippen molar-refractivity contribution in [2.45, 2.75) is 18.7 Å². The summed E-state index contributed by atoms with van der Waals surface area (Å²) in [5.41, 5.74) is 6.83. The first-order valence-electron chi connectivity index (χ1n) is 8.46. The Hall–Kier alpha value is -2.84. The fraction of sp³-hybridized carbons (Fsp3) is 0.211. The van der Waals surface area contributed by atoms with E-state index < -0.39 is 44.4 Å². The number of nitrogens with zero attached hydrogens (tertiary/aromatic N) is 1. The summed E-state index contributed by atoms with van der Waals surface area (Å²) in [5.74, 6) is -2.70. The summed E-state index contributed by atoms with van der Waals surface area (Å²) in [6.07, 6.45) is -4.37. The van der Waals surface area contributed by atoms with Crippen LogP contribution in [-0.2, 0) is 4.79 Å². The number of hydrogen-bond acceptors (Lipinski definition) is 4. The number of carbonyl (C=O) groups excluding carboxylic acids is 1. The van der Waals surface area contributed by atoms with Crippen LogP contribution in [0.3, 0.4) is 0 Å². The molecule has 1 fully saturated rings. The number of halogens is 3. The number of aromatic nitrogens is 1. The van der Waals surface area contributed by atoms with Crippen molar-refractivity contribution in [3.05, 3.63) is 46.5 Å². The molecular weight excluding hydrogens is 456 g/mol. The molecule has 150 valence electrons. The van der Waals surface area contributed by atoms with E-state index >= 15 is 0 Å². The molecule has 0 radical (unpaired) electrons. The molecule has 0 bridgehead atoms. The molecule has 29 heavy (non-hydrogen) atoms. The van der Waals surface area contributed by atoms with Crippen molar-refractivity contribution in [3.8, 4) is 17.0 Å². The maximum atomic E-state index is 12.6. The standard InChI is InChI=1S/C19H13F3N2O4Se/c20-19(21,22)28-8-4-5-14-11(6-8)15(16(29-14)17(23)25)13-3-1-2-12(24-13)9-7-10(9)18(26)27/h1-6,9-10H,7H2,(H2,23,25)(H,26,27). The third kappa shape index (κ3) is 3.86. The topological polar surface area (TPSA) is 103 Å². The van der Waals surface area contributed by atoms with Crippen LogP contribution in [0.5, 0.6) is 5.75 Å². The zero-order valence-corrected chi connectivity index (χ0v) is 16.3. The van der Waals surface area contributed by atoms with Gasteiger partial charge in [-0.1, -0.05) is 0 Å². The van der Waals surface area contributed by atoms with Gasteiger partial charge in [0.1, 0.15) is 0 Å². The predicted octanol–water partition coefficient (Wildman–Crippen LogP) is 3.14. The van der Waals surface area contributed by atoms with E-state index in [4.69, 9.17) is 10.8 Å². The molecule has 1 amide bonds. The van der Waals surface area contributed by atoms with Gasteiger partial charge in [-0.3, -0.25) is 0 Å². The number of carboxylic acids is 1. The van der Waals surface area contributed by atoms with Gasteiger partial charge in [0.2, 0.25) is 0 Å². The van der Waals surface area contributed by atoms with Crippen molar-refractivity contribution >= 4 is 36.0 Å². The number of alkyl halides is 3. The van der Waals surface area contributed by atoms with Crippen LogP contribution in [0.15, 0.2) is 36.4 Å². The quantitative estimate of drug-likeness (QED) is 0.559. The monoisotopic (exact) mass is 470 g/mol. The Morgan fingerprint density at radius 3 is 2.62 bits per heavy atom. The Morgan fingerprint density at radius 1 is 1.24 bits per heavy atom. The van der Waals surface area contributed by atoms with Gasteiger partial charge in [-0.05, 0) is 0 Å². The van der Waals surface area contributed by atoms with E-state index in [0.717, 1.165) is 0 Å². The van der Waals surface area contributed by atoms with Crippen molar-refractivity contribution < 1.29 is 32.6 Å². The third-order valence-electron chi connectivity index (χ3n) is 4.63. The summed E-state index contributed by atoms with van der Waals surface area (Å²) in [7, 11) is 0. The molecule has 2 unspecified atom stereocenters. The van der Waals surface area contributed by atoms with Crippen LogP contribution in [0.4, 0.5) is 13.2 Å². The third-order valence-corrected chi connectivity index (χ3v) is 7.12. The van der Waals surface area contributed by atoms with Gasteiger partial charge in [0.15, 0.2) is 0 Å². The number of primary amides is 1. The number of hydrogen-bond donors (Lipinski definition) is 2. The molecule has 3 N–H and O–H groups in total. The van der Waals surface area contributed by atoms with Gasteiger partial charge < -0.3 is 0 Å². The molecule has 1 aliphatic rings. The Morgan fingerprint density at radius 2 is 2.00 bits per heavy atom. The molecule has 1 saturated carbocycles. The molecule has 1 aromatic carbocycles. The molecule has 0 aliphatic heterocycles. The Labute approximate surface area is 167 Å². The van der Waals surface area contributed by atoms with Crippen LogP contribution >= 0.6 is 0 Å². The van der Waals surface area contributed by atoms with E-state index in [0.29, 0.717) is 37.5 Å². The fourth-order valence-corrected chi connectivity index (χ4v) is 5.48. The summed E-state index contributed by atoms with van der Waals surface area (Å²) >= 11 is -0.492. The first kappa shape index (κ1) is 19.5. The summed E-state index contributed by atoms with van der Waals surface area (Å²) < 4.78 is 42.8. The van der Waals surface area contributed by atoms with Gasteiger partial charge in [-0.2, -0.15) is 0 Å². The Bertz CT molecular complexity index is 1140. The number of carbonyl (C=O) groups is 2. The van der Waals surface area contributed by atoms with E-state index in [1.165, 1.54) is 18.2 Å². The first-order valence-corrected chi connectivity index (χ1v) is 10.2. The number of rotatable bonds is 5. The first-order chi connectivity index (χ1) is 13.6. The second-order valence-electron chi connectivity index (χ2n) is 6.61. The van der Waals surface area contributed by atoms with Crippen molar-refractivity contribution in [3.63, 3.8) is 0 Å². The van der Waals surface area contributed by atoms with Gasteiger partial charge in [-0.25, -0.2) is 0 Å². The number of fused-ring (bicyclic) bond motifs is 1. The van der Waals surface area contributed by atoms with Gasteiger partial charge in [0.05, 0.1) is 0 Å². The average molecular weight is 469 g/mol. The van der Waals surface area contributed by atoms with E-state index in [-0.39, 0.29) is 5.92 Å². The van der Waals surface area contributed by atoms with E-state index in [2.05, 4.69) is 9.72 Å². The molecule has 2 heterocycles. The number of amides is 1. The second-order valence-corrected chi connectivity index (χ2v) is 8.82. The Kier molecular flexibility index (Phi) is 4.63. The number of ether oxygens (including phenoxy) is 1. The van der Waals surface area contributed by atoms with Crippen molar-refractivity contribution in [1.29, 1.82) is 0 Å². The predicted molar refractivity (Wildman–Crippen MR) is 97.8 cm³/mol. The normalized spacial score (nSPS) is 18.6. The number of benzene rings is 1. The van der Waals surface area contributed by atoms with Gasteiger partial charge >= 0.3 is 168 Å². The fourth-order valence-electron chi connectivity index (χ4n) is 3.29. The number of nitrogens with two attached hydrogens (primary N) is 1. The van der Waals surface area contributed by atoms with Crippen molar-refractivity contribution in [1.82, 2.24) is 4.98 Å². The zero-order chi connectivity index (χ0) is 20.9. The minimum atomic E-state index is -4.84. The maximum absolute atomic E-state index is 12.6. The summed E-state index contributed by atoms with van der Waals surface area (Å²) in [5, 5.41) is 9.55. The summed E-state index contributed by atoms with van der Waals surface area (Å²) in [6, 6.07) is 8.91. The van der Waals surface area contributed by atoms with E-state index in [1.807, 2.05) is 0 Å². The molecule has 0 saturated heterocycles. The average Bonchev–Trinajstić information content (AvgIpc) is 3.35. The SMILES string of the molecule is NC(=O)c1[se]c2ccc(OC(F)(F)F)cc2c1-c1cccc(C2CC2C(=O)O)n1. The van der Waals surface area contributed by atoms with Gasteiger partial charge in [0, 0.05) is 0 Å². The molecule has 4 rings (SSSR count). The second kappa shape index (κ2) is 6.89. The van der Waals surface area contributed by atoms with Crippen LogP contribution in [-0.4, -0.2) is 42.8 Å². The van der Waals surface area contributed by atoms with Crippen LogP contribution < -0.4 is 10.5 Å². The van der Waals surface area contributed by atoms with Gasteiger partial charge in [0.25, 0.3) is 0 Å².